The molecular formula is C12H13N3O2. The van der Waals surface area contributed by atoms with Crippen molar-refractivity contribution in [2.24, 2.45) is 0 Å². The molecule has 17 heavy (non-hydrogen) atoms. The molecular weight excluding hydrogens is 218 g/mol. The zero-order valence-electron chi connectivity index (χ0n) is 9.78. The van der Waals surface area contributed by atoms with E-state index in [2.05, 4.69) is 10.3 Å². The third-order valence-electron chi connectivity index (χ3n) is 2.42. The smallest absolute Gasteiger partial charge is 0.208 e. The maximum Gasteiger partial charge on any atom is 0.208 e. The molecule has 0 saturated heterocycles. The number of hydrogen-bond donors (Lipinski definition) is 1. The van der Waals surface area contributed by atoms with E-state index in [1.54, 1.807) is 12.1 Å². The molecule has 0 spiro atoms. The van der Waals surface area contributed by atoms with Gasteiger partial charge in [0.15, 0.2) is 0 Å². The first-order chi connectivity index (χ1) is 8.19. The maximum absolute atomic E-state index is 8.60. The van der Waals surface area contributed by atoms with Gasteiger partial charge in [0.1, 0.15) is 17.6 Å². The van der Waals surface area contributed by atoms with E-state index in [0.29, 0.717) is 24.7 Å². The molecule has 0 aliphatic rings. The number of oxazole rings is 1. The van der Waals surface area contributed by atoms with Gasteiger partial charge in [0.25, 0.3) is 0 Å². The van der Waals surface area contributed by atoms with Crippen molar-refractivity contribution in [3.63, 3.8) is 0 Å². The molecule has 0 amide bonds. The summed E-state index contributed by atoms with van der Waals surface area (Å²) in [6, 6.07) is 5.37. The highest BCUT2D eigenvalue weighted by atomic mass is 16.4. The Labute approximate surface area is 99.1 Å². The summed E-state index contributed by atoms with van der Waals surface area (Å²) in [6.07, 6.45) is 0. The Morgan fingerprint density at radius 1 is 1.29 bits per heavy atom. The molecule has 0 radical (unpaired) electrons. The summed E-state index contributed by atoms with van der Waals surface area (Å²) in [4.78, 5) is 4.25. The monoisotopic (exact) mass is 231 g/mol. The number of nitrogens with zero attached hydrogens (tertiary/aromatic N) is 2. The molecule has 2 aromatic heterocycles. The van der Waals surface area contributed by atoms with Crippen molar-refractivity contribution in [3.05, 3.63) is 41.0 Å². The topological polar surface area (TPSA) is 75.0 Å². The van der Waals surface area contributed by atoms with Gasteiger partial charge in [-0.15, -0.1) is 0 Å². The van der Waals surface area contributed by atoms with Crippen LogP contribution in [0, 0.1) is 25.2 Å². The Kier molecular flexibility index (Phi) is 3.26. The molecule has 88 valence electrons. The molecule has 1 N–H and O–H groups in total. The summed E-state index contributed by atoms with van der Waals surface area (Å²) < 4.78 is 10.6. The minimum Gasteiger partial charge on any atom is -0.449 e. The van der Waals surface area contributed by atoms with E-state index in [1.807, 2.05) is 19.9 Å². The largest absolute Gasteiger partial charge is 0.449 e. The molecule has 0 atom stereocenters. The first kappa shape index (κ1) is 11.4. The van der Waals surface area contributed by atoms with Crippen molar-refractivity contribution in [1.29, 1.82) is 5.26 Å². The van der Waals surface area contributed by atoms with Gasteiger partial charge >= 0.3 is 0 Å². The van der Waals surface area contributed by atoms with Crippen LogP contribution in [-0.4, -0.2) is 4.98 Å². The lowest BCUT2D eigenvalue weighted by atomic mass is 10.4. The van der Waals surface area contributed by atoms with Crippen molar-refractivity contribution in [3.8, 4) is 6.07 Å². The molecule has 0 saturated carbocycles. The SMILES string of the molecule is Cc1nc(CNCc2ccc(C#N)o2)oc1C. The summed E-state index contributed by atoms with van der Waals surface area (Å²) in [7, 11) is 0. The highest BCUT2D eigenvalue weighted by Crippen LogP contribution is 2.09. The lowest BCUT2D eigenvalue weighted by Gasteiger charge is -1.98. The van der Waals surface area contributed by atoms with Gasteiger partial charge in [-0.2, -0.15) is 5.26 Å². The molecule has 2 aromatic rings. The summed E-state index contributed by atoms with van der Waals surface area (Å²) in [6.45, 7) is 4.88. The first-order valence-electron chi connectivity index (χ1n) is 5.31. The van der Waals surface area contributed by atoms with Gasteiger partial charge in [-0.05, 0) is 26.0 Å². The zero-order valence-corrected chi connectivity index (χ0v) is 9.78. The Hall–Kier alpha value is -2.06. The van der Waals surface area contributed by atoms with Crippen LogP contribution in [0.1, 0.15) is 28.9 Å². The number of nitriles is 1. The van der Waals surface area contributed by atoms with Crippen LogP contribution < -0.4 is 5.32 Å². The Morgan fingerprint density at radius 3 is 2.71 bits per heavy atom. The predicted octanol–water partition coefficient (Wildman–Crippen LogP) is 2.05. The lowest BCUT2D eigenvalue weighted by molar-refractivity contribution is 0.428. The standard InChI is InChI=1S/C12H13N3O2/c1-8-9(2)16-12(15-8)7-14-6-11-4-3-10(5-13)17-11/h3-4,14H,6-7H2,1-2H3. The van der Waals surface area contributed by atoms with Crippen molar-refractivity contribution >= 4 is 0 Å². The van der Waals surface area contributed by atoms with Gasteiger partial charge in [-0.25, -0.2) is 4.98 Å². The maximum atomic E-state index is 8.60. The van der Waals surface area contributed by atoms with Gasteiger partial charge in [0.2, 0.25) is 11.7 Å². The minimum atomic E-state index is 0.324. The molecule has 0 aliphatic heterocycles. The highest BCUT2D eigenvalue weighted by Gasteiger charge is 2.05. The molecule has 0 fully saturated rings. The van der Waals surface area contributed by atoms with Crippen molar-refractivity contribution in [2.75, 3.05) is 0 Å². The average Bonchev–Trinajstić information content (AvgIpc) is 2.87. The van der Waals surface area contributed by atoms with E-state index in [4.69, 9.17) is 14.1 Å². The van der Waals surface area contributed by atoms with Crippen LogP contribution in [0.3, 0.4) is 0 Å². The zero-order chi connectivity index (χ0) is 12.3. The predicted molar refractivity (Wildman–Crippen MR) is 59.9 cm³/mol. The quantitative estimate of drug-likeness (QED) is 0.871. The van der Waals surface area contributed by atoms with Gasteiger partial charge in [-0.3, -0.25) is 0 Å². The summed E-state index contributed by atoms with van der Waals surface area (Å²) in [5.41, 5.74) is 0.909. The molecule has 2 heterocycles. The fourth-order valence-corrected chi connectivity index (χ4v) is 1.44. The fourth-order valence-electron chi connectivity index (χ4n) is 1.44. The van der Waals surface area contributed by atoms with Crippen LogP contribution in [0.25, 0.3) is 0 Å². The Morgan fingerprint density at radius 2 is 2.12 bits per heavy atom. The van der Waals surface area contributed by atoms with Crippen LogP contribution >= 0.6 is 0 Å². The Balaban J connectivity index is 1.85. The molecule has 5 nitrogen and oxygen atoms in total. The van der Waals surface area contributed by atoms with Crippen LogP contribution in [0.2, 0.25) is 0 Å². The van der Waals surface area contributed by atoms with Gasteiger partial charge < -0.3 is 14.2 Å². The van der Waals surface area contributed by atoms with E-state index in [0.717, 1.165) is 17.2 Å². The minimum absolute atomic E-state index is 0.324. The van der Waals surface area contributed by atoms with E-state index in [9.17, 15) is 0 Å². The van der Waals surface area contributed by atoms with Crippen LogP contribution in [0.4, 0.5) is 0 Å². The molecule has 0 unspecified atom stereocenters. The van der Waals surface area contributed by atoms with E-state index >= 15 is 0 Å². The summed E-state index contributed by atoms with van der Waals surface area (Å²) in [5, 5.41) is 11.7. The molecule has 0 bridgehead atoms. The number of furan rings is 1. The van der Waals surface area contributed by atoms with Crippen LogP contribution in [0.5, 0.6) is 0 Å². The van der Waals surface area contributed by atoms with Crippen molar-refractivity contribution in [2.45, 2.75) is 26.9 Å². The molecule has 0 aromatic carbocycles. The van der Waals surface area contributed by atoms with E-state index in [-0.39, 0.29) is 0 Å². The third-order valence-corrected chi connectivity index (χ3v) is 2.42. The fraction of sp³-hybridized carbons (Fsp3) is 0.333. The van der Waals surface area contributed by atoms with Crippen LogP contribution in [-0.2, 0) is 13.1 Å². The summed E-state index contributed by atoms with van der Waals surface area (Å²) >= 11 is 0. The van der Waals surface area contributed by atoms with Crippen molar-refractivity contribution in [1.82, 2.24) is 10.3 Å². The second-order valence-corrected chi connectivity index (χ2v) is 3.73. The molecule has 5 heteroatoms. The average molecular weight is 231 g/mol. The second kappa shape index (κ2) is 4.85. The number of rotatable bonds is 4. The number of aromatic nitrogens is 1. The summed E-state index contributed by atoms with van der Waals surface area (Å²) in [5.74, 6) is 2.55. The number of hydrogen-bond acceptors (Lipinski definition) is 5. The highest BCUT2D eigenvalue weighted by molar-refractivity contribution is 5.18. The normalized spacial score (nSPS) is 10.4. The van der Waals surface area contributed by atoms with Crippen molar-refractivity contribution < 1.29 is 8.83 Å². The van der Waals surface area contributed by atoms with E-state index in [1.165, 1.54) is 0 Å². The van der Waals surface area contributed by atoms with Gasteiger partial charge in [0.05, 0.1) is 18.8 Å². The molecule has 2 rings (SSSR count). The van der Waals surface area contributed by atoms with Gasteiger partial charge in [0, 0.05) is 0 Å². The van der Waals surface area contributed by atoms with E-state index < -0.39 is 0 Å². The molecule has 0 aliphatic carbocycles. The second-order valence-electron chi connectivity index (χ2n) is 3.73. The number of nitrogens with one attached hydrogen (secondary N) is 1. The Bertz CT molecular complexity index is 529. The van der Waals surface area contributed by atoms with Crippen LogP contribution in [0.15, 0.2) is 21.0 Å². The first-order valence-corrected chi connectivity index (χ1v) is 5.31. The lowest BCUT2D eigenvalue weighted by Crippen LogP contribution is -2.12. The van der Waals surface area contributed by atoms with Gasteiger partial charge in [-0.1, -0.05) is 0 Å². The number of aryl methyl sites for hydroxylation is 2. The third kappa shape index (κ3) is 2.74.